The molecule has 0 aromatic rings. The van der Waals surface area contributed by atoms with Gasteiger partial charge in [-0.05, 0) is 33.0 Å². The van der Waals surface area contributed by atoms with E-state index < -0.39 is 12.0 Å². The average Bonchev–Trinajstić information content (AvgIpc) is 2.77. The van der Waals surface area contributed by atoms with Crippen LogP contribution in [0.2, 0.25) is 0 Å². The second-order valence-corrected chi connectivity index (χ2v) is 4.90. The molecule has 104 valence electrons. The Morgan fingerprint density at radius 2 is 2.00 bits per heavy atom. The Kier molecular flexibility index (Phi) is 6.07. The van der Waals surface area contributed by atoms with Gasteiger partial charge in [0.1, 0.15) is 6.04 Å². The number of amides is 1. The third-order valence-electron chi connectivity index (χ3n) is 3.17. The molecule has 1 atom stereocenters. The number of aliphatic carboxylic acids is 1. The Morgan fingerprint density at radius 1 is 1.39 bits per heavy atom. The second kappa shape index (κ2) is 7.33. The highest BCUT2D eigenvalue weighted by Gasteiger charge is 2.20. The maximum Gasteiger partial charge on any atom is 0.327 e. The van der Waals surface area contributed by atoms with Crippen molar-refractivity contribution in [2.75, 3.05) is 39.8 Å². The molecule has 1 saturated heterocycles. The van der Waals surface area contributed by atoms with Crippen LogP contribution in [0.25, 0.3) is 0 Å². The number of likely N-dealkylation sites (N-methyl/N-ethyl adjacent to an activating group) is 1. The fraction of sp³-hybridized carbons (Fsp3) is 0.833. The van der Waals surface area contributed by atoms with Gasteiger partial charge in [-0.3, -0.25) is 4.79 Å². The molecule has 0 spiro atoms. The van der Waals surface area contributed by atoms with Gasteiger partial charge >= 0.3 is 5.97 Å². The van der Waals surface area contributed by atoms with Crippen LogP contribution in [0.4, 0.5) is 0 Å². The lowest BCUT2D eigenvalue weighted by atomic mass is 10.2. The Hall–Kier alpha value is -1.14. The predicted octanol–water partition coefficient (Wildman–Crippen LogP) is -0.397. The minimum absolute atomic E-state index is 0.310. The van der Waals surface area contributed by atoms with Gasteiger partial charge < -0.3 is 20.2 Å². The number of carbonyl (C=O) groups is 2. The zero-order chi connectivity index (χ0) is 13.5. The van der Waals surface area contributed by atoms with Crippen LogP contribution in [0.15, 0.2) is 0 Å². The zero-order valence-corrected chi connectivity index (χ0v) is 11.2. The van der Waals surface area contributed by atoms with Crippen molar-refractivity contribution in [2.45, 2.75) is 25.8 Å². The molecule has 1 amide bonds. The van der Waals surface area contributed by atoms with Crippen molar-refractivity contribution >= 4 is 11.9 Å². The molecule has 1 aliphatic heterocycles. The maximum absolute atomic E-state index is 11.0. The Labute approximate surface area is 108 Å². The first-order valence-electron chi connectivity index (χ1n) is 6.40. The van der Waals surface area contributed by atoms with Crippen molar-refractivity contribution in [3.05, 3.63) is 0 Å². The molecule has 0 bridgehead atoms. The van der Waals surface area contributed by atoms with E-state index in [-0.39, 0.29) is 5.91 Å². The maximum atomic E-state index is 11.0. The predicted molar refractivity (Wildman–Crippen MR) is 68.4 cm³/mol. The molecule has 0 aliphatic carbocycles. The molecule has 2 N–H and O–H groups in total. The van der Waals surface area contributed by atoms with Crippen LogP contribution in [-0.2, 0) is 9.59 Å². The van der Waals surface area contributed by atoms with Crippen molar-refractivity contribution < 1.29 is 14.7 Å². The fourth-order valence-electron chi connectivity index (χ4n) is 2.15. The van der Waals surface area contributed by atoms with Crippen LogP contribution < -0.4 is 5.32 Å². The number of likely N-dealkylation sites (tertiary alicyclic amines) is 1. The van der Waals surface area contributed by atoms with Crippen LogP contribution in [0.5, 0.6) is 0 Å². The molecular weight excluding hydrogens is 234 g/mol. The van der Waals surface area contributed by atoms with Gasteiger partial charge in [0.25, 0.3) is 0 Å². The molecule has 0 aromatic carbocycles. The smallest absolute Gasteiger partial charge is 0.327 e. The number of rotatable bonds is 7. The second-order valence-electron chi connectivity index (χ2n) is 4.90. The van der Waals surface area contributed by atoms with Gasteiger partial charge in [-0.2, -0.15) is 0 Å². The van der Waals surface area contributed by atoms with Gasteiger partial charge in [-0.15, -0.1) is 0 Å². The summed E-state index contributed by atoms with van der Waals surface area (Å²) in [6, 6.07) is -0.828. The standard InChI is InChI=1S/C12H23N3O3/c1-10(16)13-11(12(17)18)9-14(2)7-8-15-5-3-4-6-15/h11H,3-9H2,1-2H3,(H,13,16)(H,17,18). The summed E-state index contributed by atoms with van der Waals surface area (Å²) in [5.74, 6) is -1.30. The first kappa shape index (κ1) is 14.9. The molecule has 6 nitrogen and oxygen atoms in total. The Bertz CT molecular complexity index is 290. The number of nitrogens with one attached hydrogen (secondary N) is 1. The van der Waals surface area contributed by atoms with Gasteiger partial charge in [0.15, 0.2) is 0 Å². The van der Waals surface area contributed by atoms with Crippen LogP contribution in [-0.4, -0.2) is 72.6 Å². The minimum atomic E-state index is -0.988. The normalized spacial score (nSPS) is 17.9. The van der Waals surface area contributed by atoms with Crippen molar-refractivity contribution in [1.82, 2.24) is 15.1 Å². The highest BCUT2D eigenvalue weighted by molar-refractivity contribution is 5.82. The van der Waals surface area contributed by atoms with E-state index in [1.54, 1.807) is 0 Å². The first-order chi connectivity index (χ1) is 8.49. The summed E-state index contributed by atoms with van der Waals surface area (Å²) >= 11 is 0. The summed E-state index contributed by atoms with van der Waals surface area (Å²) in [6.07, 6.45) is 2.51. The largest absolute Gasteiger partial charge is 0.480 e. The Balaban J connectivity index is 2.28. The van der Waals surface area contributed by atoms with Crippen LogP contribution in [0, 0.1) is 0 Å². The van der Waals surface area contributed by atoms with Gasteiger partial charge in [0, 0.05) is 26.6 Å². The van der Waals surface area contributed by atoms with E-state index in [4.69, 9.17) is 5.11 Å². The zero-order valence-electron chi connectivity index (χ0n) is 11.2. The van der Waals surface area contributed by atoms with Crippen molar-refractivity contribution in [3.8, 4) is 0 Å². The Morgan fingerprint density at radius 3 is 2.50 bits per heavy atom. The lowest BCUT2D eigenvalue weighted by Gasteiger charge is -2.24. The molecule has 0 saturated carbocycles. The van der Waals surface area contributed by atoms with Crippen molar-refractivity contribution in [3.63, 3.8) is 0 Å². The van der Waals surface area contributed by atoms with E-state index in [1.165, 1.54) is 19.8 Å². The minimum Gasteiger partial charge on any atom is -0.480 e. The van der Waals surface area contributed by atoms with E-state index in [0.717, 1.165) is 26.2 Å². The summed E-state index contributed by atoms with van der Waals surface area (Å²) in [7, 11) is 1.88. The van der Waals surface area contributed by atoms with E-state index in [9.17, 15) is 9.59 Å². The number of carboxylic acid groups (broad SMARTS) is 1. The van der Waals surface area contributed by atoms with Crippen molar-refractivity contribution in [2.24, 2.45) is 0 Å². The monoisotopic (exact) mass is 257 g/mol. The fourth-order valence-corrected chi connectivity index (χ4v) is 2.15. The van der Waals surface area contributed by atoms with E-state index in [2.05, 4.69) is 10.2 Å². The third kappa shape index (κ3) is 5.46. The number of hydrogen-bond donors (Lipinski definition) is 2. The molecule has 1 rings (SSSR count). The summed E-state index contributed by atoms with van der Waals surface area (Å²) < 4.78 is 0. The molecule has 0 aromatic heterocycles. The van der Waals surface area contributed by atoms with E-state index in [0.29, 0.717) is 6.54 Å². The molecular formula is C12H23N3O3. The molecule has 6 heteroatoms. The van der Waals surface area contributed by atoms with Crippen LogP contribution in [0.3, 0.4) is 0 Å². The first-order valence-corrected chi connectivity index (χ1v) is 6.40. The van der Waals surface area contributed by atoms with E-state index >= 15 is 0 Å². The third-order valence-corrected chi connectivity index (χ3v) is 3.17. The number of carbonyl (C=O) groups excluding carboxylic acids is 1. The van der Waals surface area contributed by atoms with Crippen LogP contribution in [0.1, 0.15) is 19.8 Å². The van der Waals surface area contributed by atoms with Gasteiger partial charge in [-0.25, -0.2) is 4.79 Å². The van der Waals surface area contributed by atoms with Gasteiger partial charge in [-0.1, -0.05) is 0 Å². The van der Waals surface area contributed by atoms with Crippen LogP contribution >= 0.6 is 0 Å². The SMILES string of the molecule is CC(=O)NC(CN(C)CCN1CCCC1)C(=O)O. The summed E-state index contributed by atoms with van der Waals surface area (Å²) in [5.41, 5.74) is 0. The van der Waals surface area contributed by atoms with E-state index in [1.807, 2.05) is 11.9 Å². The average molecular weight is 257 g/mol. The number of carboxylic acids is 1. The van der Waals surface area contributed by atoms with Gasteiger partial charge in [0.2, 0.25) is 5.91 Å². The highest BCUT2D eigenvalue weighted by Crippen LogP contribution is 2.06. The summed E-state index contributed by atoms with van der Waals surface area (Å²) in [6.45, 7) is 5.74. The topological polar surface area (TPSA) is 72.9 Å². The molecule has 18 heavy (non-hydrogen) atoms. The van der Waals surface area contributed by atoms with Gasteiger partial charge in [0.05, 0.1) is 0 Å². The quantitative estimate of drug-likeness (QED) is 0.649. The molecule has 1 fully saturated rings. The summed E-state index contributed by atoms with van der Waals surface area (Å²) in [4.78, 5) is 26.2. The molecule has 0 radical (unpaired) electrons. The van der Waals surface area contributed by atoms with Crippen molar-refractivity contribution in [1.29, 1.82) is 0 Å². The highest BCUT2D eigenvalue weighted by atomic mass is 16.4. The summed E-state index contributed by atoms with van der Waals surface area (Å²) in [5, 5.41) is 11.4. The lowest BCUT2D eigenvalue weighted by Crippen LogP contribution is -2.48. The molecule has 1 aliphatic rings. The number of nitrogens with zero attached hydrogens (tertiary/aromatic N) is 2. The molecule has 1 heterocycles. The lowest BCUT2D eigenvalue weighted by molar-refractivity contribution is -0.142. The molecule has 1 unspecified atom stereocenters. The number of hydrogen-bond acceptors (Lipinski definition) is 4.